The van der Waals surface area contributed by atoms with E-state index in [1.54, 1.807) is 0 Å². The first-order valence-electron chi connectivity index (χ1n) is 7.38. The zero-order valence-corrected chi connectivity index (χ0v) is 13.7. The van der Waals surface area contributed by atoms with Crippen molar-refractivity contribution < 1.29 is 28.2 Å². The zero-order chi connectivity index (χ0) is 16.8. The Morgan fingerprint density at radius 1 is 1.42 bits per heavy atom. The Bertz CT molecular complexity index is 550. The number of carbonyl (C=O) groups excluding carboxylic acids is 1. The van der Waals surface area contributed by atoms with Crippen LogP contribution in [0.15, 0.2) is 18.2 Å². The van der Waals surface area contributed by atoms with E-state index in [1.165, 1.54) is 6.07 Å². The van der Waals surface area contributed by atoms with Crippen LogP contribution in [-0.2, 0) is 9.53 Å². The second-order valence-corrected chi connectivity index (χ2v) is 5.35. The van der Waals surface area contributed by atoms with Gasteiger partial charge < -0.3 is 25.6 Å². The van der Waals surface area contributed by atoms with Gasteiger partial charge in [0.05, 0.1) is 6.10 Å². The molecule has 0 saturated carbocycles. The summed E-state index contributed by atoms with van der Waals surface area (Å²) in [5, 5.41) is 12.3. The Hall–Kier alpha value is -1.48. The van der Waals surface area contributed by atoms with Crippen molar-refractivity contribution in [1.82, 2.24) is 5.32 Å². The average Bonchev–Trinajstić information content (AvgIpc) is 3.03. The molecule has 136 valence electrons. The number of aliphatic hydroxyl groups is 1. The van der Waals surface area contributed by atoms with Crippen LogP contribution in [0.25, 0.3) is 0 Å². The van der Waals surface area contributed by atoms with E-state index in [0.717, 1.165) is 18.6 Å². The molecule has 1 amide bonds. The van der Waals surface area contributed by atoms with Gasteiger partial charge in [-0.05, 0) is 25.0 Å². The molecule has 3 atom stereocenters. The molecule has 4 N–H and O–H groups in total. The van der Waals surface area contributed by atoms with E-state index in [2.05, 4.69) is 5.32 Å². The van der Waals surface area contributed by atoms with Gasteiger partial charge in [-0.15, -0.1) is 12.4 Å². The number of nitrogens with one attached hydrogen (secondary N) is 1. The van der Waals surface area contributed by atoms with Crippen LogP contribution in [0.3, 0.4) is 0 Å². The number of hydrogen-bond donors (Lipinski definition) is 3. The molecule has 0 bridgehead atoms. The smallest absolute Gasteiger partial charge is 0.249 e. The molecule has 2 rings (SSSR count). The van der Waals surface area contributed by atoms with Crippen molar-refractivity contribution >= 4 is 18.3 Å². The summed E-state index contributed by atoms with van der Waals surface area (Å²) in [6.45, 7) is 0.173. The lowest BCUT2D eigenvalue weighted by atomic mass is 10.2. The highest BCUT2D eigenvalue weighted by atomic mass is 35.5. The Kier molecular flexibility index (Phi) is 8.34. The molecule has 1 heterocycles. The fourth-order valence-corrected chi connectivity index (χ4v) is 2.22. The molecule has 0 aliphatic carbocycles. The summed E-state index contributed by atoms with van der Waals surface area (Å²) in [7, 11) is 0. The van der Waals surface area contributed by atoms with Crippen molar-refractivity contribution in [1.29, 1.82) is 0 Å². The summed E-state index contributed by atoms with van der Waals surface area (Å²) >= 11 is 0. The van der Waals surface area contributed by atoms with Crippen LogP contribution in [-0.4, -0.2) is 49.0 Å². The Balaban J connectivity index is 0.00000288. The molecular formula is C15H21ClF2N2O4. The van der Waals surface area contributed by atoms with Crippen molar-refractivity contribution in [3.05, 3.63) is 29.8 Å². The van der Waals surface area contributed by atoms with Gasteiger partial charge in [-0.2, -0.15) is 0 Å². The Morgan fingerprint density at radius 3 is 2.79 bits per heavy atom. The molecule has 9 heteroatoms. The first-order chi connectivity index (χ1) is 11.0. The van der Waals surface area contributed by atoms with Crippen molar-refractivity contribution in [3.63, 3.8) is 0 Å². The van der Waals surface area contributed by atoms with Gasteiger partial charge in [-0.25, -0.2) is 8.78 Å². The first-order valence-corrected chi connectivity index (χ1v) is 7.38. The fourth-order valence-electron chi connectivity index (χ4n) is 2.22. The van der Waals surface area contributed by atoms with Gasteiger partial charge in [0.2, 0.25) is 5.91 Å². The minimum atomic E-state index is -1.03. The fraction of sp³-hybridized carbons (Fsp3) is 0.533. The molecule has 1 unspecified atom stereocenters. The van der Waals surface area contributed by atoms with Crippen LogP contribution in [0.4, 0.5) is 8.78 Å². The number of nitrogens with two attached hydrogens (primary N) is 1. The Labute approximate surface area is 144 Å². The maximum atomic E-state index is 13.0. The summed E-state index contributed by atoms with van der Waals surface area (Å²) in [5.41, 5.74) is 5.47. The molecule has 6 nitrogen and oxygen atoms in total. The molecule has 1 aliphatic heterocycles. The lowest BCUT2D eigenvalue weighted by Crippen LogP contribution is -2.41. The molecular weight excluding hydrogens is 346 g/mol. The van der Waals surface area contributed by atoms with E-state index < -0.39 is 23.8 Å². The predicted octanol–water partition coefficient (Wildman–Crippen LogP) is 0.749. The molecule has 24 heavy (non-hydrogen) atoms. The minimum absolute atomic E-state index is 0. The lowest BCUT2D eigenvalue weighted by Gasteiger charge is -2.16. The second kappa shape index (κ2) is 9.73. The number of amides is 1. The molecule has 1 saturated heterocycles. The molecule has 0 aromatic heterocycles. The van der Waals surface area contributed by atoms with E-state index in [0.29, 0.717) is 13.0 Å². The summed E-state index contributed by atoms with van der Waals surface area (Å²) in [6, 6.07) is 3.08. The molecule has 0 spiro atoms. The maximum absolute atomic E-state index is 13.0. The monoisotopic (exact) mass is 366 g/mol. The largest absolute Gasteiger partial charge is 0.491 e. The highest BCUT2D eigenvalue weighted by molar-refractivity contribution is 5.85. The van der Waals surface area contributed by atoms with Gasteiger partial charge in [-0.1, -0.05) is 0 Å². The standard InChI is InChI=1S/C15H20F2N2O4.ClH/c16-12-3-1-10(5-13(12)17)22-8-9(20)7-19-15(21)14-4-2-11(6-18)23-14;/h1,3,5,9,11,14,20H,2,4,6-8,18H2,(H,19,21);1H/t9?,11-,14+;/m1./s1. The van der Waals surface area contributed by atoms with E-state index in [-0.39, 0.29) is 43.3 Å². The van der Waals surface area contributed by atoms with Gasteiger partial charge in [0.1, 0.15) is 24.6 Å². The molecule has 1 aromatic carbocycles. The van der Waals surface area contributed by atoms with Crippen LogP contribution in [0, 0.1) is 11.6 Å². The zero-order valence-electron chi connectivity index (χ0n) is 12.9. The predicted molar refractivity (Wildman–Crippen MR) is 85.1 cm³/mol. The summed E-state index contributed by atoms with van der Waals surface area (Å²) in [6.07, 6.45) is -0.319. The van der Waals surface area contributed by atoms with Crippen LogP contribution >= 0.6 is 12.4 Å². The molecule has 0 radical (unpaired) electrons. The summed E-state index contributed by atoms with van der Waals surface area (Å²) < 4.78 is 36.3. The number of aliphatic hydroxyl groups excluding tert-OH is 1. The highest BCUT2D eigenvalue weighted by Crippen LogP contribution is 2.19. The van der Waals surface area contributed by atoms with E-state index in [9.17, 15) is 18.7 Å². The number of carbonyl (C=O) groups is 1. The van der Waals surface area contributed by atoms with Gasteiger partial charge in [-0.3, -0.25) is 4.79 Å². The average molecular weight is 367 g/mol. The molecule has 1 fully saturated rings. The highest BCUT2D eigenvalue weighted by Gasteiger charge is 2.29. The van der Waals surface area contributed by atoms with Gasteiger partial charge in [0, 0.05) is 19.2 Å². The van der Waals surface area contributed by atoms with Crippen molar-refractivity contribution in [3.8, 4) is 5.75 Å². The van der Waals surface area contributed by atoms with Gasteiger partial charge >= 0.3 is 0 Å². The number of ether oxygens (including phenoxy) is 2. The molecule has 1 aromatic rings. The molecule has 1 aliphatic rings. The van der Waals surface area contributed by atoms with Crippen LogP contribution in [0.5, 0.6) is 5.75 Å². The van der Waals surface area contributed by atoms with E-state index >= 15 is 0 Å². The van der Waals surface area contributed by atoms with Crippen molar-refractivity contribution in [2.75, 3.05) is 19.7 Å². The van der Waals surface area contributed by atoms with Gasteiger partial charge in [0.15, 0.2) is 11.6 Å². The van der Waals surface area contributed by atoms with Crippen LogP contribution in [0.2, 0.25) is 0 Å². The maximum Gasteiger partial charge on any atom is 0.249 e. The van der Waals surface area contributed by atoms with Crippen LogP contribution < -0.4 is 15.8 Å². The topological polar surface area (TPSA) is 93.8 Å². The summed E-state index contributed by atoms with van der Waals surface area (Å²) in [5.74, 6) is -2.22. The third kappa shape index (κ3) is 5.86. The quantitative estimate of drug-likeness (QED) is 0.662. The Morgan fingerprint density at radius 2 is 2.17 bits per heavy atom. The third-order valence-electron chi connectivity index (χ3n) is 3.51. The number of rotatable bonds is 7. The number of benzene rings is 1. The third-order valence-corrected chi connectivity index (χ3v) is 3.51. The summed E-state index contributed by atoms with van der Waals surface area (Å²) in [4.78, 5) is 11.8. The van der Waals surface area contributed by atoms with Crippen molar-refractivity contribution in [2.45, 2.75) is 31.2 Å². The van der Waals surface area contributed by atoms with Crippen LogP contribution in [0.1, 0.15) is 12.8 Å². The number of halogens is 3. The van der Waals surface area contributed by atoms with Gasteiger partial charge in [0.25, 0.3) is 0 Å². The SMILES string of the molecule is Cl.NC[C@H]1CC[C@@H](C(=O)NCC(O)COc2ccc(F)c(F)c2)O1. The van der Waals surface area contributed by atoms with Crippen molar-refractivity contribution in [2.24, 2.45) is 5.73 Å². The van der Waals surface area contributed by atoms with E-state index in [4.69, 9.17) is 15.2 Å². The minimum Gasteiger partial charge on any atom is -0.491 e. The van der Waals surface area contributed by atoms with E-state index in [1.807, 2.05) is 0 Å². The normalized spacial score (nSPS) is 21.0. The lowest BCUT2D eigenvalue weighted by molar-refractivity contribution is -0.132. The second-order valence-electron chi connectivity index (χ2n) is 5.35. The number of hydrogen-bond acceptors (Lipinski definition) is 5. The first kappa shape index (κ1) is 20.6.